The molecule has 0 radical (unpaired) electrons. The minimum Gasteiger partial charge on any atom is -0.463 e. The summed E-state index contributed by atoms with van der Waals surface area (Å²) >= 11 is 0. The molecule has 2 saturated heterocycles. The van der Waals surface area contributed by atoms with Gasteiger partial charge in [-0.25, -0.2) is 0 Å². The Kier molecular flexibility index (Phi) is 4.44. The summed E-state index contributed by atoms with van der Waals surface area (Å²) in [7, 11) is -0.350. The number of ether oxygens (including phenoxy) is 3. The maximum Gasteiger partial charge on any atom is 0.457 e. The summed E-state index contributed by atoms with van der Waals surface area (Å²) in [5, 5.41) is 0. The smallest absolute Gasteiger partial charge is 0.457 e. The Bertz CT molecular complexity index is 361. The third-order valence-corrected chi connectivity index (χ3v) is 2.95. The van der Waals surface area contributed by atoms with Crippen LogP contribution in [0.1, 0.15) is 20.8 Å². The minimum absolute atomic E-state index is 0.0497. The van der Waals surface area contributed by atoms with Crippen LogP contribution in [-0.2, 0) is 33.1 Å². The number of rotatable bonds is 4. The summed E-state index contributed by atoms with van der Waals surface area (Å²) in [6, 6.07) is 0. The van der Waals surface area contributed by atoms with E-state index in [2.05, 4.69) is 0 Å². The van der Waals surface area contributed by atoms with E-state index in [1.54, 1.807) is 0 Å². The van der Waals surface area contributed by atoms with Gasteiger partial charge in [0.15, 0.2) is 0 Å². The highest BCUT2D eigenvalue weighted by atomic mass is 16.8. The van der Waals surface area contributed by atoms with Crippen LogP contribution >= 0.6 is 0 Å². The van der Waals surface area contributed by atoms with Gasteiger partial charge in [0.25, 0.3) is 0 Å². The predicted molar refractivity (Wildman–Crippen MR) is 63.0 cm³/mol. The fraction of sp³-hybridized carbons (Fsp3) is 0.818. The third-order valence-electron chi connectivity index (χ3n) is 2.95. The molecule has 7 nitrogen and oxygen atoms in total. The molecule has 2 fully saturated rings. The van der Waals surface area contributed by atoms with Crippen molar-refractivity contribution in [1.29, 1.82) is 0 Å². The molecule has 2 aliphatic rings. The van der Waals surface area contributed by atoms with Crippen LogP contribution in [0.15, 0.2) is 0 Å². The largest absolute Gasteiger partial charge is 0.463 e. The molecular formula is C11H17BO7. The summed E-state index contributed by atoms with van der Waals surface area (Å²) in [5.74, 6) is -0.859. The average Bonchev–Trinajstić information content (AvgIpc) is 2.86. The molecule has 19 heavy (non-hydrogen) atoms. The van der Waals surface area contributed by atoms with Crippen LogP contribution in [0, 0.1) is 0 Å². The van der Waals surface area contributed by atoms with Crippen molar-refractivity contribution in [2.24, 2.45) is 0 Å². The lowest BCUT2D eigenvalue weighted by Crippen LogP contribution is -2.33. The normalized spacial score (nSPS) is 33.1. The maximum atomic E-state index is 11.0. The quantitative estimate of drug-likeness (QED) is 0.531. The first-order valence-corrected chi connectivity index (χ1v) is 6.28. The summed E-state index contributed by atoms with van der Waals surface area (Å²) < 4.78 is 26.8. The van der Waals surface area contributed by atoms with Gasteiger partial charge in [-0.15, -0.1) is 0 Å². The van der Waals surface area contributed by atoms with Gasteiger partial charge in [-0.3, -0.25) is 9.59 Å². The Morgan fingerprint density at radius 3 is 2.42 bits per heavy atom. The SMILES string of the molecule is CCB1O[C@@H]2[C@H](OC(C)=O)O[C@@H](COC(C)=O)[C@H]2O1. The zero-order valence-corrected chi connectivity index (χ0v) is 11.2. The highest BCUT2D eigenvalue weighted by molar-refractivity contribution is 6.45. The van der Waals surface area contributed by atoms with E-state index < -0.39 is 36.5 Å². The van der Waals surface area contributed by atoms with Gasteiger partial charge in [0.2, 0.25) is 6.29 Å². The van der Waals surface area contributed by atoms with Gasteiger partial charge in [0, 0.05) is 13.8 Å². The first-order chi connectivity index (χ1) is 9.01. The van der Waals surface area contributed by atoms with Crippen molar-refractivity contribution in [3.8, 4) is 0 Å². The standard InChI is InChI=1S/C11H17BO7/c1-4-12-18-9-8(5-15-6(2)13)17-11(10(9)19-12)16-7(3)14/h8-11H,4-5H2,1-3H3/t8-,9+,10-,11+/m0/s1. The lowest BCUT2D eigenvalue weighted by atomic mass is 9.87. The molecule has 0 unspecified atom stereocenters. The van der Waals surface area contributed by atoms with Crippen LogP contribution < -0.4 is 0 Å². The van der Waals surface area contributed by atoms with Gasteiger partial charge in [-0.1, -0.05) is 6.92 Å². The second kappa shape index (κ2) is 5.89. The summed E-state index contributed by atoms with van der Waals surface area (Å²) in [4.78, 5) is 21.9. The van der Waals surface area contributed by atoms with E-state index >= 15 is 0 Å². The summed E-state index contributed by atoms with van der Waals surface area (Å²) in [6.07, 6.45) is -1.50. The van der Waals surface area contributed by atoms with Crippen molar-refractivity contribution in [2.75, 3.05) is 6.61 Å². The Morgan fingerprint density at radius 1 is 1.16 bits per heavy atom. The number of hydrogen-bond donors (Lipinski definition) is 0. The Balaban J connectivity index is 2.01. The molecule has 2 aliphatic heterocycles. The molecule has 0 aromatic heterocycles. The molecule has 0 N–H and O–H groups in total. The zero-order valence-electron chi connectivity index (χ0n) is 11.2. The Morgan fingerprint density at radius 2 is 1.84 bits per heavy atom. The van der Waals surface area contributed by atoms with Gasteiger partial charge in [-0.05, 0) is 6.32 Å². The lowest BCUT2D eigenvalue weighted by molar-refractivity contribution is -0.188. The van der Waals surface area contributed by atoms with Crippen molar-refractivity contribution in [3.63, 3.8) is 0 Å². The number of carbonyl (C=O) groups is 2. The number of fused-ring (bicyclic) bond motifs is 1. The minimum atomic E-state index is -0.820. The molecule has 0 amide bonds. The summed E-state index contributed by atoms with van der Waals surface area (Å²) in [5.41, 5.74) is 0. The molecule has 2 heterocycles. The topological polar surface area (TPSA) is 80.3 Å². The summed E-state index contributed by atoms with van der Waals surface area (Å²) in [6.45, 7) is 4.59. The van der Waals surface area contributed by atoms with Crippen molar-refractivity contribution < 1.29 is 33.1 Å². The molecule has 0 bridgehead atoms. The van der Waals surface area contributed by atoms with Crippen LogP contribution in [0.4, 0.5) is 0 Å². The molecular weight excluding hydrogens is 255 g/mol. The second-order valence-electron chi connectivity index (χ2n) is 4.49. The molecule has 0 aromatic carbocycles. The van der Waals surface area contributed by atoms with Crippen LogP contribution in [0.2, 0.25) is 6.32 Å². The monoisotopic (exact) mass is 272 g/mol. The molecule has 0 aliphatic carbocycles. The van der Waals surface area contributed by atoms with Crippen LogP contribution in [-0.4, -0.2) is 50.3 Å². The molecule has 8 heteroatoms. The number of carbonyl (C=O) groups excluding carboxylic acids is 2. The van der Waals surface area contributed by atoms with Gasteiger partial charge in [-0.2, -0.15) is 0 Å². The molecule has 4 atom stereocenters. The highest BCUT2D eigenvalue weighted by Gasteiger charge is 2.55. The Hall–Kier alpha value is -1.12. The van der Waals surface area contributed by atoms with Crippen molar-refractivity contribution >= 4 is 19.1 Å². The van der Waals surface area contributed by atoms with Gasteiger partial charge < -0.3 is 23.5 Å². The van der Waals surface area contributed by atoms with E-state index in [9.17, 15) is 9.59 Å². The molecule has 2 rings (SSSR count). The third kappa shape index (κ3) is 3.26. The molecule has 106 valence electrons. The van der Waals surface area contributed by atoms with Gasteiger partial charge in [0.1, 0.15) is 24.9 Å². The van der Waals surface area contributed by atoms with E-state index in [-0.39, 0.29) is 13.7 Å². The van der Waals surface area contributed by atoms with Crippen molar-refractivity contribution in [2.45, 2.75) is 51.7 Å². The maximum absolute atomic E-state index is 11.0. The van der Waals surface area contributed by atoms with E-state index in [0.29, 0.717) is 6.32 Å². The highest BCUT2D eigenvalue weighted by Crippen LogP contribution is 2.34. The fourth-order valence-electron chi connectivity index (χ4n) is 2.17. The van der Waals surface area contributed by atoms with Gasteiger partial charge >= 0.3 is 19.1 Å². The first-order valence-electron chi connectivity index (χ1n) is 6.28. The van der Waals surface area contributed by atoms with Crippen molar-refractivity contribution in [1.82, 2.24) is 0 Å². The van der Waals surface area contributed by atoms with Crippen LogP contribution in [0.5, 0.6) is 0 Å². The molecule has 0 saturated carbocycles. The fourth-order valence-corrected chi connectivity index (χ4v) is 2.17. The van der Waals surface area contributed by atoms with E-state index in [1.165, 1.54) is 13.8 Å². The number of hydrogen-bond acceptors (Lipinski definition) is 7. The molecule has 0 aromatic rings. The second-order valence-corrected chi connectivity index (χ2v) is 4.49. The average molecular weight is 272 g/mol. The Labute approximate surface area is 111 Å². The van der Waals surface area contributed by atoms with E-state index in [1.807, 2.05) is 6.92 Å². The van der Waals surface area contributed by atoms with E-state index in [4.69, 9.17) is 23.5 Å². The lowest BCUT2D eigenvalue weighted by Gasteiger charge is -2.17. The van der Waals surface area contributed by atoms with Crippen LogP contribution in [0.25, 0.3) is 0 Å². The van der Waals surface area contributed by atoms with Gasteiger partial charge in [0.05, 0.1) is 0 Å². The van der Waals surface area contributed by atoms with Crippen molar-refractivity contribution in [3.05, 3.63) is 0 Å². The van der Waals surface area contributed by atoms with E-state index in [0.717, 1.165) is 0 Å². The number of esters is 2. The van der Waals surface area contributed by atoms with Crippen LogP contribution in [0.3, 0.4) is 0 Å². The zero-order chi connectivity index (χ0) is 14.0. The first kappa shape index (κ1) is 14.3. The molecule has 0 spiro atoms. The predicted octanol–water partition coefficient (Wildman–Crippen LogP) is 0.130.